The molecule has 1 aromatic carbocycles. The highest BCUT2D eigenvalue weighted by atomic mass is 32.1. The number of anilines is 1. The van der Waals surface area contributed by atoms with E-state index in [1.807, 2.05) is 23.1 Å². The average molecular weight is 315 g/mol. The van der Waals surface area contributed by atoms with Crippen LogP contribution in [0.4, 0.5) is 5.69 Å². The number of H-pyrrole nitrogens is 2. The number of aromatic amines is 2. The van der Waals surface area contributed by atoms with Gasteiger partial charge in [-0.05, 0) is 43.6 Å². The zero-order chi connectivity index (χ0) is 15.7. The van der Waals surface area contributed by atoms with Crippen LogP contribution in [0.5, 0.6) is 0 Å². The fourth-order valence-electron chi connectivity index (χ4n) is 2.89. The standard InChI is InChI=1S/C16H17N3O2S/c1-10-12(15(21)18-16(22)17-10)6-7-14(20)19-9-8-11-4-2-3-5-13(11)19/h2-5H,6-9H2,1H3,(H2,17,18,21,22). The summed E-state index contributed by atoms with van der Waals surface area (Å²) in [5.74, 6) is 0.0474. The van der Waals surface area contributed by atoms with Crippen molar-refractivity contribution in [1.82, 2.24) is 9.97 Å². The lowest BCUT2D eigenvalue weighted by molar-refractivity contribution is -0.118. The molecule has 0 unspecified atom stereocenters. The molecule has 1 aliphatic rings. The number of aryl methyl sites for hydroxylation is 1. The quantitative estimate of drug-likeness (QED) is 0.854. The lowest BCUT2D eigenvalue weighted by Crippen LogP contribution is -2.30. The minimum atomic E-state index is -0.212. The molecule has 2 aromatic rings. The van der Waals surface area contributed by atoms with Gasteiger partial charge in [-0.2, -0.15) is 0 Å². The Balaban J connectivity index is 1.75. The maximum Gasteiger partial charge on any atom is 0.255 e. The normalized spacial score (nSPS) is 13.2. The Bertz CT molecular complexity index is 838. The van der Waals surface area contributed by atoms with Gasteiger partial charge in [0.15, 0.2) is 4.77 Å². The molecule has 0 bridgehead atoms. The first kappa shape index (κ1) is 14.7. The minimum absolute atomic E-state index is 0.0474. The Hall–Kier alpha value is -2.21. The van der Waals surface area contributed by atoms with Crippen molar-refractivity contribution in [2.75, 3.05) is 11.4 Å². The summed E-state index contributed by atoms with van der Waals surface area (Å²) >= 11 is 4.93. The molecule has 6 heteroatoms. The van der Waals surface area contributed by atoms with Gasteiger partial charge < -0.3 is 9.88 Å². The Labute approximate surface area is 133 Å². The predicted octanol–water partition coefficient (Wildman–Crippen LogP) is 2.26. The first-order valence-electron chi connectivity index (χ1n) is 7.26. The fraction of sp³-hybridized carbons (Fsp3) is 0.312. The molecule has 1 aromatic heterocycles. The number of amides is 1. The van der Waals surface area contributed by atoms with Crippen molar-refractivity contribution in [3.63, 3.8) is 0 Å². The Morgan fingerprint density at radius 3 is 2.86 bits per heavy atom. The second-order valence-electron chi connectivity index (χ2n) is 5.44. The van der Waals surface area contributed by atoms with Crippen LogP contribution in [0.3, 0.4) is 0 Å². The van der Waals surface area contributed by atoms with Crippen LogP contribution in [0.1, 0.15) is 23.2 Å². The summed E-state index contributed by atoms with van der Waals surface area (Å²) in [6, 6.07) is 7.95. The molecule has 2 heterocycles. The van der Waals surface area contributed by atoms with Gasteiger partial charge in [-0.1, -0.05) is 18.2 Å². The number of para-hydroxylation sites is 1. The van der Waals surface area contributed by atoms with Crippen LogP contribution in [0, 0.1) is 11.7 Å². The van der Waals surface area contributed by atoms with Crippen LogP contribution in [0.25, 0.3) is 0 Å². The highest BCUT2D eigenvalue weighted by molar-refractivity contribution is 7.71. The number of fused-ring (bicyclic) bond motifs is 1. The number of benzene rings is 1. The third-order valence-corrected chi connectivity index (χ3v) is 4.24. The largest absolute Gasteiger partial charge is 0.336 e. The van der Waals surface area contributed by atoms with E-state index in [-0.39, 0.29) is 11.5 Å². The lowest BCUT2D eigenvalue weighted by atomic mass is 10.1. The number of carbonyl (C=O) groups excluding carboxylic acids is 1. The van der Waals surface area contributed by atoms with Crippen molar-refractivity contribution < 1.29 is 4.79 Å². The van der Waals surface area contributed by atoms with Crippen molar-refractivity contribution in [3.8, 4) is 0 Å². The molecule has 5 nitrogen and oxygen atoms in total. The molecule has 0 fully saturated rings. The molecular formula is C16H17N3O2S. The van der Waals surface area contributed by atoms with Crippen LogP contribution in [0.15, 0.2) is 29.1 Å². The average Bonchev–Trinajstić information content (AvgIpc) is 2.90. The minimum Gasteiger partial charge on any atom is -0.336 e. The van der Waals surface area contributed by atoms with Crippen LogP contribution in [-0.2, 0) is 17.6 Å². The molecule has 2 N–H and O–H groups in total. The van der Waals surface area contributed by atoms with Crippen LogP contribution in [-0.4, -0.2) is 22.4 Å². The SMILES string of the molecule is Cc1[nH]c(=S)[nH]c(=O)c1CCC(=O)N1CCc2ccccc21. The van der Waals surface area contributed by atoms with E-state index in [1.54, 1.807) is 6.92 Å². The molecule has 0 radical (unpaired) electrons. The fourth-order valence-corrected chi connectivity index (χ4v) is 3.14. The monoisotopic (exact) mass is 315 g/mol. The number of rotatable bonds is 3. The maximum atomic E-state index is 12.5. The summed E-state index contributed by atoms with van der Waals surface area (Å²) in [6.45, 7) is 2.51. The summed E-state index contributed by atoms with van der Waals surface area (Å²) in [6.07, 6.45) is 1.60. The van der Waals surface area contributed by atoms with Gasteiger partial charge in [0, 0.05) is 29.9 Å². The van der Waals surface area contributed by atoms with Gasteiger partial charge in [-0.15, -0.1) is 0 Å². The van der Waals surface area contributed by atoms with Gasteiger partial charge in [0.25, 0.3) is 5.56 Å². The molecule has 22 heavy (non-hydrogen) atoms. The Morgan fingerprint density at radius 2 is 2.09 bits per heavy atom. The van der Waals surface area contributed by atoms with Gasteiger partial charge >= 0.3 is 0 Å². The molecule has 1 amide bonds. The predicted molar refractivity (Wildman–Crippen MR) is 87.8 cm³/mol. The highest BCUT2D eigenvalue weighted by Crippen LogP contribution is 2.28. The number of carbonyl (C=O) groups is 1. The van der Waals surface area contributed by atoms with Crippen LogP contribution < -0.4 is 10.5 Å². The zero-order valence-electron chi connectivity index (χ0n) is 12.3. The molecule has 0 saturated heterocycles. The van der Waals surface area contributed by atoms with E-state index in [1.165, 1.54) is 5.56 Å². The topological polar surface area (TPSA) is 69.0 Å². The first-order chi connectivity index (χ1) is 10.6. The summed E-state index contributed by atoms with van der Waals surface area (Å²) in [7, 11) is 0. The van der Waals surface area contributed by atoms with E-state index in [9.17, 15) is 9.59 Å². The number of hydrogen-bond donors (Lipinski definition) is 2. The van der Waals surface area contributed by atoms with Crippen LogP contribution >= 0.6 is 12.2 Å². The third-order valence-electron chi connectivity index (χ3n) is 4.03. The molecule has 114 valence electrons. The highest BCUT2D eigenvalue weighted by Gasteiger charge is 2.24. The summed E-state index contributed by atoms with van der Waals surface area (Å²) in [5, 5.41) is 0. The molecule has 0 spiro atoms. The van der Waals surface area contributed by atoms with Gasteiger partial charge in [0.2, 0.25) is 5.91 Å². The molecule has 1 aliphatic heterocycles. The Kier molecular flexibility index (Phi) is 3.94. The number of hydrogen-bond acceptors (Lipinski definition) is 3. The van der Waals surface area contributed by atoms with Crippen molar-refractivity contribution in [3.05, 3.63) is 56.2 Å². The smallest absolute Gasteiger partial charge is 0.255 e. The summed E-state index contributed by atoms with van der Waals surface area (Å²) < 4.78 is 0.311. The van der Waals surface area contributed by atoms with Gasteiger partial charge in [0.1, 0.15) is 0 Å². The first-order valence-corrected chi connectivity index (χ1v) is 7.67. The molecule has 0 atom stereocenters. The summed E-state index contributed by atoms with van der Waals surface area (Å²) in [5.41, 5.74) is 3.30. The van der Waals surface area contributed by atoms with Crippen molar-refractivity contribution >= 4 is 23.8 Å². The van der Waals surface area contributed by atoms with Crippen molar-refractivity contribution in [2.45, 2.75) is 26.2 Å². The number of nitrogens with one attached hydrogen (secondary N) is 2. The molecule has 0 aliphatic carbocycles. The molecule has 3 rings (SSSR count). The van der Waals surface area contributed by atoms with Crippen molar-refractivity contribution in [1.29, 1.82) is 0 Å². The van der Waals surface area contributed by atoms with Crippen molar-refractivity contribution in [2.24, 2.45) is 0 Å². The van der Waals surface area contributed by atoms with E-state index < -0.39 is 0 Å². The molecule has 0 saturated carbocycles. The molecular weight excluding hydrogens is 298 g/mol. The van der Waals surface area contributed by atoms with Gasteiger partial charge in [-0.25, -0.2) is 0 Å². The van der Waals surface area contributed by atoms with E-state index in [0.717, 1.165) is 17.8 Å². The third kappa shape index (κ3) is 2.74. The van der Waals surface area contributed by atoms with Crippen LogP contribution in [0.2, 0.25) is 0 Å². The second kappa shape index (κ2) is 5.88. The zero-order valence-corrected chi connectivity index (χ0v) is 13.1. The lowest BCUT2D eigenvalue weighted by Gasteiger charge is -2.17. The number of aromatic nitrogens is 2. The summed E-state index contributed by atoms with van der Waals surface area (Å²) in [4.78, 5) is 31.7. The maximum absolute atomic E-state index is 12.5. The Morgan fingerprint density at radius 1 is 1.32 bits per heavy atom. The van der Waals surface area contributed by atoms with E-state index in [4.69, 9.17) is 12.2 Å². The second-order valence-corrected chi connectivity index (χ2v) is 5.84. The van der Waals surface area contributed by atoms with E-state index in [2.05, 4.69) is 16.0 Å². The van der Waals surface area contributed by atoms with E-state index >= 15 is 0 Å². The number of nitrogens with zero attached hydrogens (tertiary/aromatic N) is 1. The van der Waals surface area contributed by atoms with E-state index in [0.29, 0.717) is 29.7 Å². The van der Waals surface area contributed by atoms with Gasteiger partial charge in [0.05, 0.1) is 0 Å². The van der Waals surface area contributed by atoms with Gasteiger partial charge in [-0.3, -0.25) is 14.6 Å².